The van der Waals surface area contributed by atoms with Crippen molar-refractivity contribution >= 4 is 5.97 Å². The predicted molar refractivity (Wildman–Crippen MR) is 53.9 cm³/mol. The van der Waals surface area contributed by atoms with E-state index in [4.69, 9.17) is 20.4 Å². The van der Waals surface area contributed by atoms with Crippen molar-refractivity contribution in [3.63, 3.8) is 0 Å². The quantitative estimate of drug-likeness (QED) is 0.439. The topological polar surface area (TPSA) is 98.0 Å². The molecular weight excluding hydrogens is 200 g/mol. The van der Waals surface area contributed by atoms with E-state index in [1.807, 2.05) is 0 Å². The number of hydrogen-bond acceptors (Lipinski definition) is 4. The minimum Gasteiger partial charge on any atom is -0.504 e. The Bertz CT molecular complexity index is 325. The highest BCUT2D eigenvalue weighted by Gasteiger charge is 2.00. The van der Waals surface area contributed by atoms with Crippen LogP contribution in [0.25, 0.3) is 0 Å². The Hall–Kier alpha value is -2.17. The molecule has 0 saturated carbocycles. The molecule has 0 atom stereocenters. The molecule has 0 aliphatic heterocycles. The van der Waals surface area contributed by atoms with Crippen LogP contribution in [-0.2, 0) is 4.79 Å². The number of phenolic OH excluding ortho intramolecular Hbond substituents is 3. The predicted octanol–water partition coefficient (Wildman–Crippen LogP) is 1.45. The first-order chi connectivity index (χ1) is 6.99. The number of carboxylic acid groups (broad SMARTS) is 1. The number of para-hydroxylation sites is 1. The lowest BCUT2D eigenvalue weighted by Gasteiger charge is -1.96. The van der Waals surface area contributed by atoms with E-state index in [1.54, 1.807) is 0 Å². The molecule has 5 heteroatoms. The number of aromatic hydroxyl groups is 3. The number of carbonyl (C=O) groups is 1. The van der Waals surface area contributed by atoms with Gasteiger partial charge in [0, 0.05) is 0 Å². The van der Waals surface area contributed by atoms with Gasteiger partial charge in [0.25, 0.3) is 0 Å². The molecule has 0 amide bonds. The van der Waals surface area contributed by atoms with Crippen LogP contribution < -0.4 is 0 Å². The molecule has 1 aromatic carbocycles. The summed E-state index contributed by atoms with van der Waals surface area (Å²) in [4.78, 5) is 9.53. The van der Waals surface area contributed by atoms with Crippen molar-refractivity contribution in [2.45, 2.75) is 6.42 Å². The third kappa shape index (κ3) is 5.20. The minimum absolute atomic E-state index is 0.0556. The first-order valence-electron chi connectivity index (χ1n) is 4.01. The van der Waals surface area contributed by atoms with Crippen LogP contribution >= 0.6 is 0 Å². The highest BCUT2D eigenvalue weighted by Crippen LogP contribution is 2.32. The molecule has 0 fully saturated rings. The molecule has 0 unspecified atom stereocenters. The van der Waals surface area contributed by atoms with Gasteiger partial charge in [0.15, 0.2) is 17.2 Å². The summed E-state index contributed by atoms with van der Waals surface area (Å²) in [7, 11) is 0. The van der Waals surface area contributed by atoms with E-state index in [0.717, 1.165) is 0 Å². The minimum atomic E-state index is -0.829. The number of rotatable bonds is 2. The van der Waals surface area contributed by atoms with Gasteiger partial charge in [-0.15, -0.1) is 6.58 Å². The first kappa shape index (κ1) is 12.8. The number of phenols is 3. The fourth-order valence-electron chi connectivity index (χ4n) is 0.643. The lowest BCUT2D eigenvalue weighted by molar-refractivity contribution is -0.135. The lowest BCUT2D eigenvalue weighted by atomic mass is 10.3. The fourth-order valence-corrected chi connectivity index (χ4v) is 0.643. The van der Waals surface area contributed by atoms with Crippen LogP contribution in [0.15, 0.2) is 30.9 Å². The van der Waals surface area contributed by atoms with E-state index in [0.29, 0.717) is 0 Å². The zero-order valence-electron chi connectivity index (χ0n) is 7.92. The van der Waals surface area contributed by atoms with Crippen LogP contribution in [0.5, 0.6) is 17.2 Å². The van der Waals surface area contributed by atoms with Gasteiger partial charge in [-0.2, -0.15) is 0 Å². The van der Waals surface area contributed by atoms with Crippen molar-refractivity contribution in [1.29, 1.82) is 0 Å². The molecule has 0 heterocycles. The van der Waals surface area contributed by atoms with Gasteiger partial charge in [0.1, 0.15) is 0 Å². The second kappa shape index (κ2) is 6.31. The summed E-state index contributed by atoms with van der Waals surface area (Å²) in [5.74, 6) is -1.92. The zero-order chi connectivity index (χ0) is 11.8. The van der Waals surface area contributed by atoms with E-state index >= 15 is 0 Å². The molecule has 1 rings (SSSR count). The molecule has 0 bridgehead atoms. The summed E-state index contributed by atoms with van der Waals surface area (Å²) in [5, 5.41) is 33.9. The van der Waals surface area contributed by atoms with Crippen LogP contribution in [0.2, 0.25) is 0 Å². The van der Waals surface area contributed by atoms with Crippen LogP contribution in [-0.4, -0.2) is 26.4 Å². The third-order valence-electron chi connectivity index (χ3n) is 1.31. The molecule has 1 aromatic rings. The summed E-state index contributed by atoms with van der Waals surface area (Å²) in [5.41, 5.74) is 0. The summed E-state index contributed by atoms with van der Waals surface area (Å²) >= 11 is 0. The van der Waals surface area contributed by atoms with Crippen molar-refractivity contribution in [2.75, 3.05) is 0 Å². The van der Waals surface area contributed by atoms with Crippen molar-refractivity contribution in [3.05, 3.63) is 30.9 Å². The van der Waals surface area contributed by atoms with Crippen molar-refractivity contribution in [1.82, 2.24) is 0 Å². The van der Waals surface area contributed by atoms with Crippen molar-refractivity contribution < 1.29 is 25.2 Å². The van der Waals surface area contributed by atoms with Gasteiger partial charge in [-0.1, -0.05) is 12.1 Å². The SMILES string of the molecule is C=CCC(=O)O.Oc1cccc(O)c1O. The Labute approximate surface area is 86.5 Å². The van der Waals surface area contributed by atoms with Crippen LogP contribution in [0.4, 0.5) is 0 Å². The Morgan fingerprint density at radius 1 is 1.27 bits per heavy atom. The average Bonchev–Trinajstić information content (AvgIpc) is 2.15. The van der Waals surface area contributed by atoms with E-state index in [1.165, 1.54) is 24.3 Å². The van der Waals surface area contributed by atoms with Crippen molar-refractivity contribution in [2.24, 2.45) is 0 Å². The molecular formula is C10H12O5. The maximum atomic E-state index is 9.53. The number of carboxylic acids is 1. The molecule has 82 valence electrons. The van der Waals surface area contributed by atoms with Gasteiger partial charge in [-0.25, -0.2) is 0 Å². The summed E-state index contributed by atoms with van der Waals surface area (Å²) in [6.45, 7) is 3.22. The van der Waals surface area contributed by atoms with Crippen molar-refractivity contribution in [3.8, 4) is 17.2 Å². The van der Waals surface area contributed by atoms with Crippen LogP contribution in [0.3, 0.4) is 0 Å². The van der Waals surface area contributed by atoms with Gasteiger partial charge in [0.05, 0.1) is 6.42 Å². The largest absolute Gasteiger partial charge is 0.504 e. The lowest BCUT2D eigenvalue weighted by Crippen LogP contribution is -1.88. The highest BCUT2D eigenvalue weighted by atomic mass is 16.4. The summed E-state index contributed by atoms with van der Waals surface area (Å²) in [6.07, 6.45) is 1.41. The van der Waals surface area contributed by atoms with E-state index < -0.39 is 11.7 Å². The summed E-state index contributed by atoms with van der Waals surface area (Å²) < 4.78 is 0. The monoisotopic (exact) mass is 212 g/mol. The average molecular weight is 212 g/mol. The Morgan fingerprint density at radius 3 is 1.93 bits per heavy atom. The Balaban J connectivity index is 0.000000288. The smallest absolute Gasteiger partial charge is 0.307 e. The maximum absolute atomic E-state index is 9.53. The van der Waals surface area contributed by atoms with Gasteiger partial charge < -0.3 is 20.4 Å². The van der Waals surface area contributed by atoms with Gasteiger partial charge in [-0.3, -0.25) is 4.79 Å². The Morgan fingerprint density at radius 2 is 1.73 bits per heavy atom. The molecule has 0 spiro atoms. The highest BCUT2D eigenvalue weighted by molar-refractivity contribution is 5.68. The molecule has 0 saturated heterocycles. The normalized spacial score (nSPS) is 8.53. The fraction of sp³-hybridized carbons (Fsp3) is 0.100. The van der Waals surface area contributed by atoms with Gasteiger partial charge in [0.2, 0.25) is 0 Å². The first-order valence-corrected chi connectivity index (χ1v) is 4.01. The second-order valence-electron chi connectivity index (χ2n) is 2.53. The molecule has 0 aromatic heterocycles. The van der Waals surface area contributed by atoms with Crippen LogP contribution in [0.1, 0.15) is 6.42 Å². The van der Waals surface area contributed by atoms with E-state index in [2.05, 4.69) is 6.58 Å². The standard InChI is InChI=1S/C6H6O3.C4H6O2/c7-4-2-1-3-5(8)6(4)9;1-2-3-4(5)6/h1-3,7-9H;2H,1,3H2,(H,5,6). The second-order valence-corrected chi connectivity index (χ2v) is 2.53. The third-order valence-corrected chi connectivity index (χ3v) is 1.31. The summed E-state index contributed by atoms with van der Waals surface area (Å²) in [6, 6.07) is 4.01. The molecule has 0 radical (unpaired) electrons. The zero-order valence-corrected chi connectivity index (χ0v) is 7.92. The molecule has 0 aliphatic carbocycles. The van der Waals surface area contributed by atoms with E-state index in [-0.39, 0.29) is 17.9 Å². The Kier molecular flexibility index (Phi) is 5.40. The van der Waals surface area contributed by atoms with Gasteiger partial charge in [-0.05, 0) is 12.1 Å². The van der Waals surface area contributed by atoms with E-state index in [9.17, 15) is 4.79 Å². The number of benzene rings is 1. The molecule has 4 N–H and O–H groups in total. The maximum Gasteiger partial charge on any atom is 0.307 e. The van der Waals surface area contributed by atoms with Crippen LogP contribution in [0, 0.1) is 0 Å². The number of aliphatic carboxylic acids is 1. The molecule has 5 nitrogen and oxygen atoms in total. The molecule has 0 aliphatic rings. The molecule has 15 heavy (non-hydrogen) atoms. The number of hydrogen-bond donors (Lipinski definition) is 4. The van der Waals surface area contributed by atoms with Gasteiger partial charge >= 0.3 is 5.97 Å².